The molecular formula is C34H38N6O. The molecule has 210 valence electrons. The molecule has 1 saturated heterocycles. The number of aromatic nitrogens is 2. The fraction of sp³-hybridized carbons (Fsp3) is 0.324. The van der Waals surface area contributed by atoms with E-state index in [1.807, 2.05) is 36.8 Å². The molecule has 7 nitrogen and oxygen atoms in total. The minimum Gasteiger partial charge on any atom is -0.355 e. The third kappa shape index (κ3) is 7.49. The molecule has 0 saturated carbocycles. The van der Waals surface area contributed by atoms with Gasteiger partial charge in [-0.05, 0) is 53.8 Å². The van der Waals surface area contributed by atoms with Crippen molar-refractivity contribution in [3.63, 3.8) is 0 Å². The first-order chi connectivity index (χ1) is 20.1. The number of benzene rings is 3. The summed E-state index contributed by atoms with van der Waals surface area (Å²) >= 11 is 0. The Bertz CT molecular complexity index is 1460. The molecule has 0 bridgehead atoms. The van der Waals surface area contributed by atoms with Gasteiger partial charge in [-0.2, -0.15) is 5.26 Å². The van der Waals surface area contributed by atoms with E-state index in [0.29, 0.717) is 31.6 Å². The van der Waals surface area contributed by atoms with Crippen LogP contribution in [0.5, 0.6) is 0 Å². The van der Waals surface area contributed by atoms with E-state index in [2.05, 4.69) is 80.4 Å². The molecule has 41 heavy (non-hydrogen) atoms. The van der Waals surface area contributed by atoms with Crippen LogP contribution in [0.1, 0.15) is 52.3 Å². The zero-order valence-corrected chi connectivity index (χ0v) is 23.5. The van der Waals surface area contributed by atoms with Crippen LogP contribution in [0.4, 0.5) is 0 Å². The van der Waals surface area contributed by atoms with E-state index in [1.165, 1.54) is 11.1 Å². The van der Waals surface area contributed by atoms with Gasteiger partial charge in [-0.15, -0.1) is 0 Å². The van der Waals surface area contributed by atoms with Crippen molar-refractivity contribution in [2.24, 2.45) is 11.7 Å². The van der Waals surface area contributed by atoms with Gasteiger partial charge in [0.15, 0.2) is 0 Å². The molecule has 0 spiro atoms. The van der Waals surface area contributed by atoms with Crippen LogP contribution in [0.3, 0.4) is 0 Å². The van der Waals surface area contributed by atoms with Gasteiger partial charge in [0.2, 0.25) is 5.91 Å². The number of likely N-dealkylation sites (tertiary alicyclic amines) is 1. The Labute approximate surface area is 242 Å². The van der Waals surface area contributed by atoms with Gasteiger partial charge in [-0.3, -0.25) is 4.79 Å². The highest BCUT2D eigenvalue weighted by Crippen LogP contribution is 2.28. The highest BCUT2D eigenvalue weighted by Gasteiger charge is 2.28. The Hall–Kier alpha value is -4.25. The average molecular weight is 547 g/mol. The van der Waals surface area contributed by atoms with E-state index in [-0.39, 0.29) is 17.7 Å². The molecule has 3 N–H and O–H groups in total. The fourth-order valence-electron chi connectivity index (χ4n) is 5.76. The lowest BCUT2D eigenvalue weighted by Crippen LogP contribution is -2.44. The monoisotopic (exact) mass is 546 g/mol. The van der Waals surface area contributed by atoms with Crippen molar-refractivity contribution in [3.05, 3.63) is 125 Å². The summed E-state index contributed by atoms with van der Waals surface area (Å²) in [6.07, 6.45) is 6.33. The van der Waals surface area contributed by atoms with Crippen LogP contribution in [-0.2, 0) is 24.3 Å². The number of amides is 1. The number of imidazole rings is 1. The number of nitriles is 1. The van der Waals surface area contributed by atoms with Crippen molar-refractivity contribution < 1.29 is 4.79 Å². The molecule has 0 aliphatic carbocycles. The molecular weight excluding hydrogens is 508 g/mol. The lowest BCUT2D eigenvalue weighted by atomic mass is 9.88. The van der Waals surface area contributed by atoms with Gasteiger partial charge in [0.25, 0.3) is 0 Å². The standard InChI is InChI=1S/C34H38N6O/c35-19-26-11-13-27(14-12-26)22-40-25-37-21-32(40)15-16-38-34(41)31-10-5-17-39(23-31)24-33(29-7-2-1-3-8-29)30-9-4-6-28(18-30)20-36/h1-4,6-9,11-14,18,21,25,31,33H,5,10,15-17,20,22-24,36H2,(H,38,41). The van der Waals surface area contributed by atoms with E-state index >= 15 is 0 Å². The molecule has 2 unspecified atom stereocenters. The van der Waals surface area contributed by atoms with Crippen LogP contribution < -0.4 is 11.1 Å². The predicted octanol–water partition coefficient (Wildman–Crippen LogP) is 4.46. The summed E-state index contributed by atoms with van der Waals surface area (Å²) in [7, 11) is 0. The predicted molar refractivity (Wildman–Crippen MR) is 161 cm³/mol. The van der Waals surface area contributed by atoms with Gasteiger partial charge in [0, 0.05) is 57.0 Å². The van der Waals surface area contributed by atoms with Gasteiger partial charge < -0.3 is 20.5 Å². The Morgan fingerprint density at radius 3 is 2.63 bits per heavy atom. The average Bonchev–Trinajstić information content (AvgIpc) is 3.47. The summed E-state index contributed by atoms with van der Waals surface area (Å²) in [6.45, 7) is 4.42. The Morgan fingerprint density at radius 1 is 1.05 bits per heavy atom. The van der Waals surface area contributed by atoms with Crippen molar-refractivity contribution in [3.8, 4) is 6.07 Å². The van der Waals surface area contributed by atoms with E-state index in [0.717, 1.165) is 49.3 Å². The van der Waals surface area contributed by atoms with Gasteiger partial charge in [-0.25, -0.2) is 4.98 Å². The van der Waals surface area contributed by atoms with E-state index < -0.39 is 0 Å². The summed E-state index contributed by atoms with van der Waals surface area (Å²) in [6, 6.07) is 29.0. The van der Waals surface area contributed by atoms with Crippen LogP contribution in [0.25, 0.3) is 0 Å². The third-order valence-corrected chi connectivity index (χ3v) is 8.02. The first-order valence-electron chi connectivity index (χ1n) is 14.4. The molecule has 1 aromatic heterocycles. The van der Waals surface area contributed by atoms with Gasteiger partial charge in [0.05, 0.1) is 23.9 Å². The number of nitrogens with zero attached hydrogens (tertiary/aromatic N) is 4. The molecule has 1 amide bonds. The molecule has 2 heterocycles. The van der Waals surface area contributed by atoms with Crippen molar-refractivity contribution in [2.75, 3.05) is 26.2 Å². The largest absolute Gasteiger partial charge is 0.355 e. The number of carbonyl (C=O) groups is 1. The SMILES string of the molecule is N#Cc1ccc(Cn2cncc2CCNC(=O)C2CCCN(CC(c3ccccc3)c3cccc(CN)c3)C2)cc1. The van der Waals surface area contributed by atoms with Crippen molar-refractivity contribution >= 4 is 5.91 Å². The van der Waals surface area contributed by atoms with Crippen LogP contribution >= 0.6 is 0 Å². The van der Waals surface area contributed by atoms with Gasteiger partial charge in [0.1, 0.15) is 0 Å². The molecule has 7 heteroatoms. The third-order valence-electron chi connectivity index (χ3n) is 8.02. The minimum absolute atomic E-state index is 0.0147. The van der Waals surface area contributed by atoms with E-state index in [4.69, 9.17) is 11.0 Å². The number of nitrogens with two attached hydrogens (primary N) is 1. The Morgan fingerprint density at radius 2 is 1.85 bits per heavy atom. The molecule has 1 aliphatic rings. The molecule has 5 rings (SSSR count). The first kappa shape index (κ1) is 28.3. The minimum atomic E-state index is -0.0147. The summed E-state index contributed by atoms with van der Waals surface area (Å²) in [5.41, 5.74) is 12.5. The lowest BCUT2D eigenvalue weighted by molar-refractivity contribution is -0.126. The van der Waals surface area contributed by atoms with Crippen molar-refractivity contribution in [2.45, 2.75) is 38.3 Å². The highest BCUT2D eigenvalue weighted by molar-refractivity contribution is 5.79. The van der Waals surface area contributed by atoms with E-state index in [1.54, 1.807) is 0 Å². The quantitative estimate of drug-likeness (QED) is 0.289. The van der Waals surface area contributed by atoms with Crippen LogP contribution in [-0.4, -0.2) is 46.5 Å². The highest BCUT2D eigenvalue weighted by atomic mass is 16.1. The molecule has 0 radical (unpaired) electrons. The molecule has 4 aromatic rings. The second-order valence-corrected chi connectivity index (χ2v) is 10.9. The van der Waals surface area contributed by atoms with Crippen molar-refractivity contribution in [1.29, 1.82) is 5.26 Å². The van der Waals surface area contributed by atoms with Crippen LogP contribution in [0.2, 0.25) is 0 Å². The summed E-state index contributed by atoms with van der Waals surface area (Å²) in [5, 5.41) is 12.2. The maximum atomic E-state index is 13.2. The Kier molecular flexibility index (Phi) is 9.58. The second kappa shape index (κ2) is 13.9. The maximum absolute atomic E-state index is 13.2. The summed E-state index contributed by atoms with van der Waals surface area (Å²) in [5.74, 6) is 0.342. The second-order valence-electron chi connectivity index (χ2n) is 10.9. The van der Waals surface area contributed by atoms with Crippen LogP contribution in [0.15, 0.2) is 91.4 Å². The molecule has 2 atom stereocenters. The number of hydrogen-bond acceptors (Lipinski definition) is 5. The first-order valence-corrected chi connectivity index (χ1v) is 14.4. The number of hydrogen-bond donors (Lipinski definition) is 2. The normalized spacial score (nSPS) is 16.1. The smallest absolute Gasteiger partial charge is 0.224 e. The summed E-state index contributed by atoms with van der Waals surface area (Å²) in [4.78, 5) is 20.0. The maximum Gasteiger partial charge on any atom is 0.224 e. The zero-order valence-electron chi connectivity index (χ0n) is 23.5. The number of piperidine rings is 1. The topological polar surface area (TPSA) is 100.0 Å². The van der Waals surface area contributed by atoms with E-state index in [9.17, 15) is 4.79 Å². The summed E-state index contributed by atoms with van der Waals surface area (Å²) < 4.78 is 2.10. The number of nitrogens with one attached hydrogen (secondary N) is 1. The number of carbonyl (C=O) groups excluding carboxylic acids is 1. The van der Waals surface area contributed by atoms with Gasteiger partial charge >= 0.3 is 0 Å². The number of rotatable bonds is 11. The fourth-order valence-corrected chi connectivity index (χ4v) is 5.76. The van der Waals surface area contributed by atoms with Crippen molar-refractivity contribution in [1.82, 2.24) is 19.8 Å². The molecule has 1 aliphatic heterocycles. The lowest BCUT2D eigenvalue weighted by Gasteiger charge is -2.35. The molecule has 3 aromatic carbocycles. The Balaban J connectivity index is 1.17. The molecule has 1 fully saturated rings. The van der Waals surface area contributed by atoms with Crippen LogP contribution in [0, 0.1) is 17.2 Å². The zero-order chi connectivity index (χ0) is 28.4. The van der Waals surface area contributed by atoms with Gasteiger partial charge in [-0.1, -0.05) is 66.7 Å².